The van der Waals surface area contributed by atoms with Gasteiger partial charge in [0.15, 0.2) is 0 Å². The van der Waals surface area contributed by atoms with Crippen LogP contribution in [0.3, 0.4) is 0 Å². The Morgan fingerprint density at radius 1 is 1.15 bits per heavy atom. The molecule has 0 aliphatic rings. The lowest BCUT2D eigenvalue weighted by molar-refractivity contribution is 1.44. The molecule has 0 fully saturated rings. The molecule has 0 saturated carbocycles. The third kappa shape index (κ3) is 2.07. The van der Waals surface area contributed by atoms with Crippen molar-refractivity contribution in [3.05, 3.63) is 29.5 Å². The lowest BCUT2D eigenvalue weighted by atomic mass is 10.1. The van der Waals surface area contributed by atoms with Gasteiger partial charge >= 0.3 is 0 Å². The first-order valence-electron chi connectivity index (χ1n) is 4.59. The topological polar surface area (TPSA) is 12.9 Å². The van der Waals surface area contributed by atoms with Crippen LogP contribution < -0.4 is 0 Å². The normalized spacial score (nSPS) is 9.54. The molecule has 0 saturated heterocycles. The third-order valence-electron chi connectivity index (χ3n) is 1.78. The van der Waals surface area contributed by atoms with Crippen LogP contribution in [0.25, 0.3) is 10.1 Å². The fourth-order valence-corrected chi connectivity index (χ4v) is 2.04. The van der Waals surface area contributed by atoms with Crippen LogP contribution >= 0.6 is 11.5 Å². The predicted octanol–water partition coefficient (Wildman–Crippen LogP) is 3.94. The molecule has 0 bridgehead atoms. The molecule has 0 aliphatic heterocycles. The number of benzene rings is 1. The largest absolute Gasteiger partial charge is 0.200 e. The first-order valence-corrected chi connectivity index (χ1v) is 5.36. The highest BCUT2D eigenvalue weighted by Crippen LogP contribution is 2.23. The van der Waals surface area contributed by atoms with E-state index in [1.165, 1.54) is 21.2 Å². The minimum atomic E-state index is 1.27. The third-order valence-corrected chi connectivity index (χ3v) is 2.73. The SMILES string of the molecule is CC.Cc1cc(C)c2sncc2c1. The maximum Gasteiger partial charge on any atom is 0.0579 e. The number of hydrogen-bond donors (Lipinski definition) is 0. The Labute approximate surface area is 83.6 Å². The lowest BCUT2D eigenvalue weighted by Gasteiger charge is -1.96. The van der Waals surface area contributed by atoms with Crippen molar-refractivity contribution in [2.75, 3.05) is 0 Å². The minimum absolute atomic E-state index is 1.27. The van der Waals surface area contributed by atoms with Crippen molar-refractivity contribution in [3.8, 4) is 0 Å². The van der Waals surface area contributed by atoms with Gasteiger partial charge in [-0.25, -0.2) is 0 Å². The van der Waals surface area contributed by atoms with Gasteiger partial charge in [0.1, 0.15) is 0 Å². The Hall–Kier alpha value is -0.890. The monoisotopic (exact) mass is 193 g/mol. The Bertz CT molecular complexity index is 390. The molecule has 70 valence electrons. The number of nitrogens with zero attached hydrogens (tertiary/aromatic N) is 1. The fraction of sp³-hybridized carbons (Fsp3) is 0.364. The summed E-state index contributed by atoms with van der Waals surface area (Å²) in [4.78, 5) is 0. The van der Waals surface area contributed by atoms with Crippen molar-refractivity contribution in [1.29, 1.82) is 0 Å². The summed E-state index contributed by atoms with van der Waals surface area (Å²) in [6.07, 6.45) is 1.93. The molecular weight excluding hydrogens is 178 g/mol. The highest BCUT2D eigenvalue weighted by atomic mass is 32.1. The Morgan fingerprint density at radius 3 is 2.54 bits per heavy atom. The molecule has 1 nitrogen and oxygen atoms in total. The van der Waals surface area contributed by atoms with Crippen molar-refractivity contribution in [2.45, 2.75) is 27.7 Å². The summed E-state index contributed by atoms with van der Waals surface area (Å²) in [5.74, 6) is 0. The Balaban J connectivity index is 0.000000396. The summed E-state index contributed by atoms with van der Waals surface area (Å²) < 4.78 is 5.46. The second kappa shape index (κ2) is 4.38. The average Bonchev–Trinajstić information content (AvgIpc) is 2.55. The van der Waals surface area contributed by atoms with E-state index in [4.69, 9.17) is 0 Å². The molecule has 2 rings (SSSR count). The highest BCUT2D eigenvalue weighted by molar-refractivity contribution is 7.13. The van der Waals surface area contributed by atoms with E-state index in [9.17, 15) is 0 Å². The zero-order valence-electron chi connectivity index (χ0n) is 8.59. The van der Waals surface area contributed by atoms with Gasteiger partial charge < -0.3 is 0 Å². The molecule has 2 aromatic rings. The van der Waals surface area contributed by atoms with Crippen LogP contribution in [0.15, 0.2) is 18.3 Å². The van der Waals surface area contributed by atoms with Crippen molar-refractivity contribution < 1.29 is 0 Å². The first kappa shape index (κ1) is 10.2. The van der Waals surface area contributed by atoms with Crippen LogP contribution in [0.1, 0.15) is 25.0 Å². The maximum atomic E-state index is 4.14. The standard InChI is InChI=1S/C9H9NS.C2H6/c1-6-3-7(2)9-8(4-6)5-10-11-9;1-2/h3-5H,1-2H3;1-2H3. The van der Waals surface area contributed by atoms with Crippen LogP contribution in [0.4, 0.5) is 0 Å². The predicted molar refractivity (Wildman–Crippen MR) is 60.4 cm³/mol. The molecule has 0 radical (unpaired) electrons. The second-order valence-electron chi connectivity index (χ2n) is 2.83. The Kier molecular flexibility index (Phi) is 3.43. The lowest BCUT2D eigenvalue weighted by Crippen LogP contribution is -1.75. The molecule has 1 aromatic carbocycles. The molecule has 0 atom stereocenters. The van der Waals surface area contributed by atoms with Gasteiger partial charge in [0.05, 0.1) is 4.70 Å². The Morgan fingerprint density at radius 2 is 1.85 bits per heavy atom. The summed E-state index contributed by atoms with van der Waals surface area (Å²) in [6, 6.07) is 4.37. The van der Waals surface area contributed by atoms with Crippen molar-refractivity contribution >= 4 is 21.6 Å². The van der Waals surface area contributed by atoms with Crippen LogP contribution in [-0.4, -0.2) is 4.37 Å². The summed E-state index contributed by atoms with van der Waals surface area (Å²) in [5, 5.41) is 1.27. The van der Waals surface area contributed by atoms with E-state index in [1.807, 2.05) is 20.0 Å². The molecule has 0 aliphatic carbocycles. The molecular formula is C11H15NS. The minimum Gasteiger partial charge on any atom is -0.200 e. The van der Waals surface area contributed by atoms with Gasteiger partial charge in [-0.1, -0.05) is 25.5 Å². The number of aromatic nitrogens is 1. The average molecular weight is 193 g/mol. The molecule has 0 N–H and O–H groups in total. The van der Waals surface area contributed by atoms with E-state index in [2.05, 4.69) is 30.4 Å². The molecule has 13 heavy (non-hydrogen) atoms. The van der Waals surface area contributed by atoms with Gasteiger partial charge in [0.25, 0.3) is 0 Å². The number of fused-ring (bicyclic) bond motifs is 1. The number of hydrogen-bond acceptors (Lipinski definition) is 2. The van der Waals surface area contributed by atoms with E-state index in [1.54, 1.807) is 11.5 Å². The van der Waals surface area contributed by atoms with Crippen LogP contribution in [0.2, 0.25) is 0 Å². The van der Waals surface area contributed by atoms with Crippen LogP contribution in [-0.2, 0) is 0 Å². The smallest absolute Gasteiger partial charge is 0.0579 e. The van der Waals surface area contributed by atoms with Crippen LogP contribution in [0, 0.1) is 13.8 Å². The molecule has 1 aromatic heterocycles. The van der Waals surface area contributed by atoms with E-state index in [-0.39, 0.29) is 0 Å². The molecule has 0 unspecified atom stereocenters. The van der Waals surface area contributed by atoms with E-state index in [0.29, 0.717) is 0 Å². The van der Waals surface area contributed by atoms with Gasteiger partial charge in [-0.3, -0.25) is 0 Å². The van der Waals surface area contributed by atoms with Crippen molar-refractivity contribution in [3.63, 3.8) is 0 Å². The summed E-state index contributed by atoms with van der Waals surface area (Å²) >= 11 is 1.57. The number of aryl methyl sites for hydroxylation is 2. The first-order chi connectivity index (χ1) is 6.27. The van der Waals surface area contributed by atoms with Gasteiger partial charge in [-0.2, -0.15) is 4.37 Å². The van der Waals surface area contributed by atoms with Crippen LogP contribution in [0.5, 0.6) is 0 Å². The van der Waals surface area contributed by atoms with Gasteiger partial charge in [0.2, 0.25) is 0 Å². The summed E-state index contributed by atoms with van der Waals surface area (Å²) in [6.45, 7) is 8.25. The van der Waals surface area contributed by atoms with Crippen molar-refractivity contribution in [2.24, 2.45) is 0 Å². The van der Waals surface area contributed by atoms with E-state index in [0.717, 1.165) is 0 Å². The van der Waals surface area contributed by atoms with Crippen molar-refractivity contribution in [1.82, 2.24) is 4.37 Å². The maximum absolute atomic E-state index is 4.14. The zero-order chi connectivity index (χ0) is 9.84. The highest BCUT2D eigenvalue weighted by Gasteiger charge is 1.99. The number of rotatable bonds is 0. The molecule has 0 spiro atoms. The van der Waals surface area contributed by atoms with E-state index >= 15 is 0 Å². The van der Waals surface area contributed by atoms with Gasteiger partial charge in [0, 0.05) is 11.6 Å². The molecule has 0 amide bonds. The molecule has 2 heteroatoms. The van der Waals surface area contributed by atoms with Gasteiger partial charge in [-0.15, -0.1) is 0 Å². The summed E-state index contributed by atoms with van der Waals surface area (Å²) in [5.41, 5.74) is 2.65. The fourth-order valence-electron chi connectivity index (χ4n) is 1.34. The molecule has 1 heterocycles. The van der Waals surface area contributed by atoms with Gasteiger partial charge in [-0.05, 0) is 37.0 Å². The quantitative estimate of drug-likeness (QED) is 0.617. The zero-order valence-corrected chi connectivity index (χ0v) is 9.40. The van der Waals surface area contributed by atoms with E-state index < -0.39 is 0 Å². The summed E-state index contributed by atoms with van der Waals surface area (Å²) in [7, 11) is 0. The second-order valence-corrected chi connectivity index (χ2v) is 3.63.